The SMILES string of the molecule is O[C@@H]1CCC[C@H]1C1CCCN1. The Morgan fingerprint density at radius 3 is 2.55 bits per heavy atom. The lowest BCUT2D eigenvalue weighted by molar-refractivity contribution is 0.114. The van der Waals surface area contributed by atoms with Crippen molar-refractivity contribution < 1.29 is 5.11 Å². The van der Waals surface area contributed by atoms with Crippen molar-refractivity contribution in [1.82, 2.24) is 5.32 Å². The fraction of sp³-hybridized carbons (Fsp3) is 1.00. The van der Waals surface area contributed by atoms with Gasteiger partial charge in [0.1, 0.15) is 0 Å². The van der Waals surface area contributed by atoms with E-state index in [0.29, 0.717) is 12.0 Å². The van der Waals surface area contributed by atoms with E-state index in [-0.39, 0.29) is 6.10 Å². The van der Waals surface area contributed by atoms with Gasteiger partial charge in [-0.2, -0.15) is 0 Å². The van der Waals surface area contributed by atoms with E-state index in [1.165, 1.54) is 25.7 Å². The van der Waals surface area contributed by atoms with Gasteiger partial charge in [0, 0.05) is 12.0 Å². The Balaban J connectivity index is 1.92. The van der Waals surface area contributed by atoms with Gasteiger partial charge in [-0.05, 0) is 32.2 Å². The van der Waals surface area contributed by atoms with E-state index in [9.17, 15) is 5.11 Å². The van der Waals surface area contributed by atoms with E-state index in [0.717, 1.165) is 13.0 Å². The van der Waals surface area contributed by atoms with Gasteiger partial charge >= 0.3 is 0 Å². The predicted molar refractivity (Wildman–Crippen MR) is 44.4 cm³/mol. The summed E-state index contributed by atoms with van der Waals surface area (Å²) in [7, 11) is 0. The van der Waals surface area contributed by atoms with Crippen LogP contribution in [0, 0.1) is 5.92 Å². The maximum Gasteiger partial charge on any atom is 0.0583 e. The van der Waals surface area contributed by atoms with Crippen molar-refractivity contribution in [2.45, 2.75) is 44.2 Å². The van der Waals surface area contributed by atoms with Gasteiger partial charge in [0.15, 0.2) is 0 Å². The Bertz CT molecular complexity index is 132. The maximum absolute atomic E-state index is 9.61. The van der Waals surface area contributed by atoms with E-state index >= 15 is 0 Å². The van der Waals surface area contributed by atoms with Gasteiger partial charge in [0.25, 0.3) is 0 Å². The second kappa shape index (κ2) is 3.11. The molecule has 2 nitrogen and oxygen atoms in total. The Morgan fingerprint density at radius 2 is 2.00 bits per heavy atom. The minimum atomic E-state index is -0.00870. The first-order valence-corrected chi connectivity index (χ1v) is 4.79. The van der Waals surface area contributed by atoms with Crippen molar-refractivity contribution in [3.05, 3.63) is 0 Å². The summed E-state index contributed by atoms with van der Waals surface area (Å²) in [4.78, 5) is 0. The third-order valence-corrected chi connectivity index (χ3v) is 3.15. The van der Waals surface area contributed by atoms with Gasteiger partial charge < -0.3 is 10.4 Å². The van der Waals surface area contributed by atoms with Crippen molar-refractivity contribution in [2.24, 2.45) is 5.92 Å². The van der Waals surface area contributed by atoms with E-state index in [4.69, 9.17) is 0 Å². The average molecular weight is 155 g/mol. The first kappa shape index (κ1) is 7.56. The van der Waals surface area contributed by atoms with Crippen molar-refractivity contribution in [3.63, 3.8) is 0 Å². The van der Waals surface area contributed by atoms with Gasteiger partial charge in [0.2, 0.25) is 0 Å². The maximum atomic E-state index is 9.61. The molecule has 2 fully saturated rings. The fourth-order valence-electron chi connectivity index (χ4n) is 2.52. The smallest absolute Gasteiger partial charge is 0.0583 e. The second-order valence-corrected chi connectivity index (χ2v) is 3.86. The van der Waals surface area contributed by atoms with Crippen LogP contribution in [-0.2, 0) is 0 Å². The summed E-state index contributed by atoms with van der Waals surface area (Å²) >= 11 is 0. The van der Waals surface area contributed by atoms with Gasteiger partial charge in [0.05, 0.1) is 6.10 Å². The molecular formula is C9H17NO. The fourth-order valence-corrected chi connectivity index (χ4v) is 2.52. The summed E-state index contributed by atoms with van der Waals surface area (Å²) in [6.07, 6.45) is 6.06. The summed E-state index contributed by atoms with van der Waals surface area (Å²) in [6, 6.07) is 0.632. The Kier molecular flexibility index (Phi) is 2.14. The highest BCUT2D eigenvalue weighted by Gasteiger charge is 2.33. The van der Waals surface area contributed by atoms with Gasteiger partial charge in [-0.15, -0.1) is 0 Å². The Morgan fingerprint density at radius 1 is 1.09 bits per heavy atom. The van der Waals surface area contributed by atoms with Crippen molar-refractivity contribution in [1.29, 1.82) is 0 Å². The first-order chi connectivity index (χ1) is 5.38. The highest BCUT2D eigenvalue weighted by Crippen LogP contribution is 2.31. The third kappa shape index (κ3) is 1.42. The summed E-state index contributed by atoms with van der Waals surface area (Å²) in [6.45, 7) is 1.16. The van der Waals surface area contributed by atoms with Crippen molar-refractivity contribution >= 4 is 0 Å². The highest BCUT2D eigenvalue weighted by molar-refractivity contribution is 4.89. The summed E-state index contributed by atoms with van der Waals surface area (Å²) in [5, 5.41) is 13.1. The zero-order valence-corrected chi connectivity index (χ0v) is 6.92. The molecule has 1 aliphatic carbocycles. The molecule has 0 spiro atoms. The molecule has 2 heteroatoms. The summed E-state index contributed by atoms with van der Waals surface area (Å²) in [5.41, 5.74) is 0. The highest BCUT2D eigenvalue weighted by atomic mass is 16.3. The van der Waals surface area contributed by atoms with Crippen LogP contribution in [0.2, 0.25) is 0 Å². The second-order valence-electron chi connectivity index (χ2n) is 3.86. The standard InChI is InChI=1S/C9H17NO/c11-9-5-1-3-7(9)8-4-2-6-10-8/h7-11H,1-6H2/t7-,8?,9+/m0/s1. The van der Waals surface area contributed by atoms with Crippen LogP contribution in [0.4, 0.5) is 0 Å². The molecule has 1 aliphatic heterocycles. The monoisotopic (exact) mass is 155 g/mol. The van der Waals surface area contributed by atoms with Gasteiger partial charge in [-0.3, -0.25) is 0 Å². The molecule has 0 aromatic carbocycles. The quantitative estimate of drug-likeness (QED) is 0.589. The van der Waals surface area contributed by atoms with Crippen LogP contribution in [0.3, 0.4) is 0 Å². The molecule has 3 atom stereocenters. The first-order valence-electron chi connectivity index (χ1n) is 4.79. The van der Waals surface area contributed by atoms with Crippen LogP contribution in [0.1, 0.15) is 32.1 Å². The molecule has 2 N–H and O–H groups in total. The van der Waals surface area contributed by atoms with Crippen LogP contribution in [0.25, 0.3) is 0 Å². The summed E-state index contributed by atoms with van der Waals surface area (Å²) < 4.78 is 0. The normalized spacial score (nSPS) is 45.0. The molecule has 2 rings (SSSR count). The molecule has 1 heterocycles. The van der Waals surface area contributed by atoms with Gasteiger partial charge in [-0.25, -0.2) is 0 Å². The topological polar surface area (TPSA) is 32.3 Å². The minimum absolute atomic E-state index is 0.00870. The Labute approximate surface area is 68.0 Å². The largest absolute Gasteiger partial charge is 0.393 e. The van der Waals surface area contributed by atoms with Crippen molar-refractivity contribution in [2.75, 3.05) is 6.54 Å². The zero-order valence-electron chi connectivity index (χ0n) is 6.92. The zero-order chi connectivity index (χ0) is 7.68. The molecule has 1 unspecified atom stereocenters. The molecule has 2 aliphatic rings. The molecule has 1 saturated heterocycles. The van der Waals surface area contributed by atoms with E-state index < -0.39 is 0 Å². The van der Waals surface area contributed by atoms with Crippen LogP contribution in [0.15, 0.2) is 0 Å². The number of hydrogen-bond acceptors (Lipinski definition) is 2. The lowest BCUT2D eigenvalue weighted by Gasteiger charge is -2.21. The predicted octanol–water partition coefficient (Wildman–Crippen LogP) is 0.899. The minimum Gasteiger partial charge on any atom is -0.393 e. The molecule has 64 valence electrons. The van der Waals surface area contributed by atoms with Crippen LogP contribution >= 0.6 is 0 Å². The lowest BCUT2D eigenvalue weighted by Crippen LogP contribution is -2.34. The number of aliphatic hydroxyl groups excluding tert-OH is 1. The molecule has 11 heavy (non-hydrogen) atoms. The molecular weight excluding hydrogens is 138 g/mol. The van der Waals surface area contributed by atoms with E-state index in [1.54, 1.807) is 0 Å². The van der Waals surface area contributed by atoms with Crippen LogP contribution < -0.4 is 5.32 Å². The molecule has 1 saturated carbocycles. The van der Waals surface area contributed by atoms with Crippen LogP contribution in [-0.4, -0.2) is 23.8 Å². The molecule has 0 bridgehead atoms. The van der Waals surface area contributed by atoms with Gasteiger partial charge in [-0.1, -0.05) is 6.42 Å². The molecule has 0 aromatic heterocycles. The molecule has 0 aromatic rings. The number of aliphatic hydroxyl groups is 1. The molecule has 0 radical (unpaired) electrons. The summed E-state index contributed by atoms with van der Waals surface area (Å²) in [5.74, 6) is 0.567. The number of hydrogen-bond donors (Lipinski definition) is 2. The van der Waals surface area contributed by atoms with E-state index in [2.05, 4.69) is 5.32 Å². The number of rotatable bonds is 1. The van der Waals surface area contributed by atoms with Crippen LogP contribution in [0.5, 0.6) is 0 Å². The third-order valence-electron chi connectivity index (χ3n) is 3.15. The van der Waals surface area contributed by atoms with E-state index in [1.807, 2.05) is 0 Å². The van der Waals surface area contributed by atoms with Crippen molar-refractivity contribution in [3.8, 4) is 0 Å². The number of nitrogens with one attached hydrogen (secondary N) is 1. The lowest BCUT2D eigenvalue weighted by atomic mass is 9.95. The average Bonchev–Trinajstić information content (AvgIpc) is 2.55. The molecule has 0 amide bonds. The Hall–Kier alpha value is -0.0800.